The fraction of sp³-hybridized carbons (Fsp3) is 0. The first-order valence-electron chi connectivity index (χ1n) is 4.99. The maximum atomic E-state index is 5.63. The van der Waals surface area contributed by atoms with Crippen LogP contribution in [0.3, 0.4) is 0 Å². The van der Waals surface area contributed by atoms with Crippen LogP contribution in [0.25, 0.3) is 22.4 Å². The van der Waals surface area contributed by atoms with E-state index in [9.17, 15) is 0 Å². The van der Waals surface area contributed by atoms with Gasteiger partial charge in [0.15, 0.2) is 5.82 Å². The van der Waals surface area contributed by atoms with Gasteiger partial charge in [0.1, 0.15) is 5.65 Å². The molecule has 0 atom stereocenters. The van der Waals surface area contributed by atoms with Crippen LogP contribution in [-0.2, 0) is 0 Å². The molecule has 3 aromatic rings. The second-order valence-corrected chi connectivity index (χ2v) is 3.60. The molecule has 16 heavy (non-hydrogen) atoms. The number of nitrogens with two attached hydrogens (primary N) is 1. The lowest BCUT2D eigenvalue weighted by molar-refractivity contribution is 1.21. The molecular weight excluding hydrogens is 200 g/mol. The van der Waals surface area contributed by atoms with Gasteiger partial charge in [0, 0.05) is 29.0 Å². The quantitative estimate of drug-likeness (QED) is 0.605. The van der Waals surface area contributed by atoms with Crippen LogP contribution in [0.4, 0.5) is 5.69 Å². The standard InChI is InChI=1S/C12H10N4/c13-10-3-1-8(2-4-10)11-15-7-9-5-6-14-12(9)16-11/h1-7H,13H2,(H,14,15,16). The third-order valence-corrected chi connectivity index (χ3v) is 2.47. The van der Waals surface area contributed by atoms with Gasteiger partial charge in [-0.05, 0) is 30.3 Å². The van der Waals surface area contributed by atoms with Crippen molar-refractivity contribution in [1.82, 2.24) is 15.0 Å². The predicted molar refractivity (Wildman–Crippen MR) is 63.7 cm³/mol. The molecule has 2 aromatic heterocycles. The minimum absolute atomic E-state index is 0.704. The molecule has 0 fully saturated rings. The van der Waals surface area contributed by atoms with Gasteiger partial charge >= 0.3 is 0 Å². The third-order valence-electron chi connectivity index (χ3n) is 2.47. The van der Waals surface area contributed by atoms with E-state index in [0.717, 1.165) is 22.3 Å². The van der Waals surface area contributed by atoms with Crippen LogP contribution < -0.4 is 5.73 Å². The number of rotatable bonds is 1. The van der Waals surface area contributed by atoms with Gasteiger partial charge in [-0.25, -0.2) is 9.97 Å². The number of benzene rings is 1. The maximum Gasteiger partial charge on any atom is 0.161 e. The van der Waals surface area contributed by atoms with Gasteiger partial charge in [0.25, 0.3) is 0 Å². The summed E-state index contributed by atoms with van der Waals surface area (Å²) in [6, 6.07) is 9.47. The molecule has 0 amide bonds. The maximum absolute atomic E-state index is 5.63. The smallest absolute Gasteiger partial charge is 0.161 e. The van der Waals surface area contributed by atoms with E-state index in [1.165, 1.54) is 0 Å². The Labute approximate surface area is 92.2 Å². The lowest BCUT2D eigenvalue weighted by Crippen LogP contribution is -1.90. The summed E-state index contributed by atoms with van der Waals surface area (Å²) < 4.78 is 0. The largest absolute Gasteiger partial charge is 0.399 e. The van der Waals surface area contributed by atoms with Crippen LogP contribution in [0.5, 0.6) is 0 Å². The van der Waals surface area contributed by atoms with Gasteiger partial charge in [-0.3, -0.25) is 0 Å². The molecule has 0 spiro atoms. The van der Waals surface area contributed by atoms with Crippen molar-refractivity contribution in [3.63, 3.8) is 0 Å². The summed E-state index contributed by atoms with van der Waals surface area (Å²) >= 11 is 0. The van der Waals surface area contributed by atoms with Crippen molar-refractivity contribution in [3.8, 4) is 11.4 Å². The first-order chi connectivity index (χ1) is 7.83. The Balaban J connectivity index is 2.14. The highest BCUT2D eigenvalue weighted by Crippen LogP contribution is 2.18. The van der Waals surface area contributed by atoms with Crippen LogP contribution in [0, 0.1) is 0 Å². The molecule has 2 heterocycles. The molecule has 0 radical (unpaired) electrons. The predicted octanol–water partition coefficient (Wildman–Crippen LogP) is 2.21. The number of nitrogens with one attached hydrogen (secondary N) is 1. The van der Waals surface area contributed by atoms with Gasteiger partial charge in [0.2, 0.25) is 0 Å². The molecule has 4 heteroatoms. The molecule has 0 bridgehead atoms. The van der Waals surface area contributed by atoms with Crippen LogP contribution in [0.15, 0.2) is 42.7 Å². The number of aromatic amines is 1. The van der Waals surface area contributed by atoms with Crippen molar-refractivity contribution < 1.29 is 0 Å². The first-order valence-corrected chi connectivity index (χ1v) is 4.99. The van der Waals surface area contributed by atoms with E-state index in [1.54, 1.807) is 0 Å². The average Bonchev–Trinajstić information content (AvgIpc) is 2.77. The summed E-state index contributed by atoms with van der Waals surface area (Å²) in [6.07, 6.45) is 3.66. The molecule has 0 aliphatic carbocycles. The molecule has 0 aliphatic rings. The molecule has 4 nitrogen and oxygen atoms in total. The summed E-state index contributed by atoms with van der Waals surface area (Å²) in [5, 5.41) is 1.01. The number of nitrogens with zero attached hydrogens (tertiary/aromatic N) is 2. The summed E-state index contributed by atoms with van der Waals surface area (Å²) in [5.41, 5.74) is 8.18. The topological polar surface area (TPSA) is 67.6 Å². The van der Waals surface area contributed by atoms with Crippen molar-refractivity contribution in [2.75, 3.05) is 5.73 Å². The van der Waals surface area contributed by atoms with Gasteiger partial charge in [-0.15, -0.1) is 0 Å². The number of nitrogen functional groups attached to an aromatic ring is 1. The zero-order chi connectivity index (χ0) is 11.0. The molecular formula is C12H10N4. The number of hydrogen-bond donors (Lipinski definition) is 2. The summed E-state index contributed by atoms with van der Waals surface area (Å²) in [4.78, 5) is 11.8. The highest BCUT2D eigenvalue weighted by atomic mass is 14.9. The SMILES string of the molecule is Nc1ccc(-c2ncc3cc[nH]c3n2)cc1. The van der Waals surface area contributed by atoms with E-state index in [4.69, 9.17) is 5.73 Å². The highest BCUT2D eigenvalue weighted by Gasteiger charge is 2.02. The first kappa shape index (κ1) is 8.91. The van der Waals surface area contributed by atoms with Crippen molar-refractivity contribution in [1.29, 1.82) is 0 Å². The van der Waals surface area contributed by atoms with E-state index in [1.807, 2.05) is 42.7 Å². The van der Waals surface area contributed by atoms with Gasteiger partial charge < -0.3 is 10.7 Å². The number of H-pyrrole nitrogens is 1. The van der Waals surface area contributed by atoms with E-state index < -0.39 is 0 Å². The number of aromatic nitrogens is 3. The Morgan fingerprint density at radius 2 is 1.88 bits per heavy atom. The molecule has 0 saturated carbocycles. The fourth-order valence-electron chi connectivity index (χ4n) is 1.61. The molecule has 3 rings (SSSR count). The van der Waals surface area contributed by atoms with Crippen LogP contribution in [0.2, 0.25) is 0 Å². The van der Waals surface area contributed by atoms with Gasteiger partial charge in [0.05, 0.1) is 0 Å². The van der Waals surface area contributed by atoms with Crippen molar-refractivity contribution >= 4 is 16.7 Å². The van der Waals surface area contributed by atoms with Crippen LogP contribution in [0.1, 0.15) is 0 Å². The van der Waals surface area contributed by atoms with Crippen molar-refractivity contribution in [2.24, 2.45) is 0 Å². The molecule has 3 N–H and O–H groups in total. The average molecular weight is 210 g/mol. The lowest BCUT2D eigenvalue weighted by Gasteiger charge is -2.00. The highest BCUT2D eigenvalue weighted by molar-refractivity contribution is 5.76. The minimum atomic E-state index is 0.704. The Bertz CT molecular complexity index is 625. The van der Waals surface area contributed by atoms with E-state index in [-0.39, 0.29) is 0 Å². The zero-order valence-electron chi connectivity index (χ0n) is 8.51. The molecule has 78 valence electrons. The molecule has 0 unspecified atom stereocenters. The monoisotopic (exact) mass is 210 g/mol. The normalized spacial score (nSPS) is 10.8. The number of anilines is 1. The molecule has 1 aromatic carbocycles. The van der Waals surface area contributed by atoms with E-state index in [2.05, 4.69) is 15.0 Å². The molecule has 0 aliphatic heterocycles. The van der Waals surface area contributed by atoms with E-state index >= 15 is 0 Å². The van der Waals surface area contributed by atoms with E-state index in [0.29, 0.717) is 5.82 Å². The summed E-state index contributed by atoms with van der Waals surface area (Å²) in [5.74, 6) is 0.704. The van der Waals surface area contributed by atoms with Crippen LogP contribution in [-0.4, -0.2) is 15.0 Å². The number of fused-ring (bicyclic) bond motifs is 1. The Kier molecular flexibility index (Phi) is 1.86. The minimum Gasteiger partial charge on any atom is -0.399 e. The van der Waals surface area contributed by atoms with Crippen molar-refractivity contribution in [2.45, 2.75) is 0 Å². The Hall–Kier alpha value is -2.36. The van der Waals surface area contributed by atoms with Crippen LogP contribution >= 0.6 is 0 Å². The summed E-state index contributed by atoms with van der Waals surface area (Å²) in [7, 11) is 0. The van der Waals surface area contributed by atoms with Crippen molar-refractivity contribution in [3.05, 3.63) is 42.7 Å². The summed E-state index contributed by atoms with van der Waals surface area (Å²) in [6.45, 7) is 0. The second-order valence-electron chi connectivity index (χ2n) is 3.60. The zero-order valence-corrected chi connectivity index (χ0v) is 8.51. The van der Waals surface area contributed by atoms with Gasteiger partial charge in [-0.1, -0.05) is 0 Å². The Morgan fingerprint density at radius 1 is 1.06 bits per heavy atom. The number of hydrogen-bond acceptors (Lipinski definition) is 3. The third kappa shape index (κ3) is 1.40. The van der Waals surface area contributed by atoms with Gasteiger partial charge in [-0.2, -0.15) is 0 Å². The molecule has 0 saturated heterocycles. The lowest BCUT2D eigenvalue weighted by atomic mass is 10.2. The Morgan fingerprint density at radius 3 is 2.69 bits per heavy atom. The fourth-order valence-corrected chi connectivity index (χ4v) is 1.61. The second kappa shape index (κ2) is 3.34.